The van der Waals surface area contributed by atoms with Crippen LogP contribution in [-0.4, -0.2) is 23.9 Å². The van der Waals surface area contributed by atoms with Crippen LogP contribution in [0.4, 0.5) is 0 Å². The first-order chi connectivity index (χ1) is 20.6. The van der Waals surface area contributed by atoms with Crippen LogP contribution >= 0.6 is 0 Å². The van der Waals surface area contributed by atoms with E-state index in [1.165, 1.54) is 116 Å². The molecule has 1 fully saturated rings. The number of rotatable bonds is 28. The lowest BCUT2D eigenvalue weighted by atomic mass is 9.87. The zero-order valence-electron chi connectivity index (χ0n) is 28.9. The van der Waals surface area contributed by atoms with Gasteiger partial charge in [-0.15, -0.1) is 0 Å². The minimum absolute atomic E-state index is 0.0904. The Morgan fingerprint density at radius 3 is 1.02 bits per heavy atom. The van der Waals surface area contributed by atoms with Crippen molar-refractivity contribution < 1.29 is 9.59 Å². The van der Waals surface area contributed by atoms with Gasteiger partial charge in [-0.3, -0.25) is 9.59 Å². The van der Waals surface area contributed by atoms with E-state index in [2.05, 4.69) is 38.3 Å². The van der Waals surface area contributed by atoms with Crippen LogP contribution in [-0.2, 0) is 9.59 Å². The molecule has 4 unspecified atom stereocenters. The van der Waals surface area contributed by atoms with Gasteiger partial charge in [-0.2, -0.15) is 0 Å². The monoisotopic (exact) mass is 591 g/mol. The molecular weight excluding hydrogens is 516 g/mol. The summed E-state index contributed by atoms with van der Waals surface area (Å²) >= 11 is 0. The Labute approximate surface area is 263 Å². The number of amides is 2. The quantitative estimate of drug-likeness (QED) is 0.0890. The second-order valence-corrected chi connectivity index (χ2v) is 13.7. The van der Waals surface area contributed by atoms with E-state index in [-0.39, 0.29) is 35.7 Å². The van der Waals surface area contributed by atoms with Gasteiger partial charge in [0.15, 0.2) is 0 Å². The van der Waals surface area contributed by atoms with Crippen LogP contribution in [0.5, 0.6) is 0 Å². The van der Waals surface area contributed by atoms with E-state index in [0.717, 1.165) is 64.2 Å². The SMILES string of the molecule is CCCCCCCCC(CCCCCC)C(=O)NC1CCCCC1NC(=O)C(CCCCCC)CCCCCCCC. The molecule has 0 aliphatic heterocycles. The van der Waals surface area contributed by atoms with Crippen molar-refractivity contribution in [3.63, 3.8) is 0 Å². The Balaban J connectivity index is 2.72. The molecule has 0 aromatic heterocycles. The van der Waals surface area contributed by atoms with Gasteiger partial charge in [-0.05, 0) is 38.5 Å². The highest BCUT2D eigenvalue weighted by Gasteiger charge is 2.31. The predicted molar refractivity (Wildman–Crippen MR) is 183 cm³/mol. The molecule has 4 heteroatoms. The first-order valence-corrected chi connectivity index (χ1v) is 19.2. The molecule has 4 nitrogen and oxygen atoms in total. The number of carbonyl (C=O) groups excluding carboxylic acids is 2. The Hall–Kier alpha value is -1.06. The molecule has 42 heavy (non-hydrogen) atoms. The summed E-state index contributed by atoms with van der Waals surface area (Å²) in [4.78, 5) is 27.3. The summed E-state index contributed by atoms with van der Waals surface area (Å²) in [5, 5.41) is 6.99. The van der Waals surface area contributed by atoms with Gasteiger partial charge in [0.05, 0.1) is 0 Å². The molecule has 0 aromatic carbocycles. The van der Waals surface area contributed by atoms with E-state index in [9.17, 15) is 9.59 Å². The predicted octanol–water partition coefficient (Wildman–Crippen LogP) is 11.2. The van der Waals surface area contributed by atoms with Crippen molar-refractivity contribution in [3.05, 3.63) is 0 Å². The fourth-order valence-corrected chi connectivity index (χ4v) is 6.87. The maximum atomic E-state index is 13.6. The molecule has 4 atom stereocenters. The molecule has 2 amide bonds. The van der Waals surface area contributed by atoms with E-state index < -0.39 is 0 Å². The van der Waals surface area contributed by atoms with Gasteiger partial charge in [-0.25, -0.2) is 0 Å². The molecule has 0 aromatic rings. The lowest BCUT2D eigenvalue weighted by molar-refractivity contribution is -0.129. The van der Waals surface area contributed by atoms with E-state index in [4.69, 9.17) is 0 Å². The zero-order chi connectivity index (χ0) is 30.7. The fourth-order valence-electron chi connectivity index (χ4n) is 6.87. The van der Waals surface area contributed by atoms with Crippen molar-refractivity contribution in [2.45, 2.75) is 220 Å². The summed E-state index contributed by atoms with van der Waals surface area (Å²) in [6, 6.07) is 0.181. The second-order valence-electron chi connectivity index (χ2n) is 13.7. The fraction of sp³-hybridized carbons (Fsp3) is 0.947. The maximum absolute atomic E-state index is 13.6. The third kappa shape index (κ3) is 19.3. The van der Waals surface area contributed by atoms with Crippen LogP contribution in [0.2, 0.25) is 0 Å². The summed E-state index contributed by atoms with van der Waals surface area (Å²) < 4.78 is 0. The van der Waals surface area contributed by atoms with Crippen LogP contribution in [0.15, 0.2) is 0 Å². The average molecular weight is 591 g/mol. The van der Waals surface area contributed by atoms with Gasteiger partial charge in [0, 0.05) is 23.9 Å². The Morgan fingerprint density at radius 2 is 0.714 bits per heavy atom. The number of carbonyl (C=O) groups is 2. The minimum atomic E-state index is 0.0904. The number of hydrogen-bond acceptors (Lipinski definition) is 2. The van der Waals surface area contributed by atoms with Gasteiger partial charge < -0.3 is 10.6 Å². The van der Waals surface area contributed by atoms with Crippen molar-refractivity contribution in [2.24, 2.45) is 11.8 Å². The summed E-state index contributed by atoms with van der Waals surface area (Å²) in [6.45, 7) is 9.03. The van der Waals surface area contributed by atoms with Crippen LogP contribution in [0.1, 0.15) is 207 Å². The molecule has 1 aliphatic carbocycles. The molecule has 0 bridgehead atoms. The Morgan fingerprint density at radius 1 is 0.452 bits per heavy atom. The minimum Gasteiger partial charge on any atom is -0.351 e. The highest BCUT2D eigenvalue weighted by molar-refractivity contribution is 5.80. The highest BCUT2D eigenvalue weighted by Crippen LogP contribution is 2.25. The largest absolute Gasteiger partial charge is 0.351 e. The van der Waals surface area contributed by atoms with Crippen molar-refractivity contribution in [1.82, 2.24) is 10.6 Å². The summed E-state index contributed by atoms with van der Waals surface area (Å²) in [5.41, 5.74) is 0. The zero-order valence-corrected chi connectivity index (χ0v) is 28.9. The molecular formula is C38H74N2O2. The summed E-state index contributed by atoms with van der Waals surface area (Å²) in [6.07, 6.45) is 33.4. The number of nitrogens with one attached hydrogen (secondary N) is 2. The van der Waals surface area contributed by atoms with Gasteiger partial charge in [0.25, 0.3) is 0 Å². The lowest BCUT2D eigenvalue weighted by Gasteiger charge is -2.35. The van der Waals surface area contributed by atoms with Crippen LogP contribution < -0.4 is 10.6 Å². The molecule has 0 heterocycles. The molecule has 2 N–H and O–H groups in total. The van der Waals surface area contributed by atoms with Crippen molar-refractivity contribution in [3.8, 4) is 0 Å². The Bertz CT molecular complexity index is 583. The molecule has 0 saturated heterocycles. The molecule has 0 radical (unpaired) electrons. The van der Waals surface area contributed by atoms with Crippen molar-refractivity contribution in [2.75, 3.05) is 0 Å². The van der Waals surface area contributed by atoms with Gasteiger partial charge >= 0.3 is 0 Å². The van der Waals surface area contributed by atoms with Crippen molar-refractivity contribution >= 4 is 11.8 Å². The van der Waals surface area contributed by atoms with E-state index in [0.29, 0.717) is 0 Å². The van der Waals surface area contributed by atoms with Crippen LogP contribution in [0.25, 0.3) is 0 Å². The third-order valence-electron chi connectivity index (χ3n) is 9.79. The van der Waals surface area contributed by atoms with Gasteiger partial charge in [0.2, 0.25) is 11.8 Å². The second kappa shape index (κ2) is 27.5. The normalized spacial score (nSPS) is 18.5. The third-order valence-corrected chi connectivity index (χ3v) is 9.79. The molecule has 1 aliphatic rings. The number of hydrogen-bond donors (Lipinski definition) is 2. The first kappa shape index (κ1) is 39.0. The summed E-state index contributed by atoms with van der Waals surface area (Å²) in [5.74, 6) is 0.777. The maximum Gasteiger partial charge on any atom is 0.223 e. The van der Waals surface area contributed by atoms with E-state index >= 15 is 0 Å². The van der Waals surface area contributed by atoms with E-state index in [1.54, 1.807) is 0 Å². The first-order valence-electron chi connectivity index (χ1n) is 19.2. The molecule has 1 saturated carbocycles. The Kier molecular flexibility index (Phi) is 25.5. The number of unbranched alkanes of at least 4 members (excludes halogenated alkanes) is 16. The average Bonchev–Trinajstić information content (AvgIpc) is 2.99. The van der Waals surface area contributed by atoms with Crippen LogP contribution in [0, 0.1) is 11.8 Å². The van der Waals surface area contributed by atoms with E-state index in [1.807, 2.05) is 0 Å². The molecule has 0 spiro atoms. The molecule has 1 rings (SSSR count). The smallest absolute Gasteiger partial charge is 0.223 e. The van der Waals surface area contributed by atoms with Gasteiger partial charge in [-0.1, -0.05) is 169 Å². The summed E-state index contributed by atoms with van der Waals surface area (Å²) in [7, 11) is 0. The highest BCUT2D eigenvalue weighted by atomic mass is 16.2. The standard InChI is InChI=1S/C38H74N2O2/c1-5-9-13-17-19-23-29-33(27-21-15-11-7-3)37(41)39-35-31-25-26-32-36(35)40-38(42)34(28-22-16-12-8-4)30-24-20-18-14-10-6-2/h33-36H,5-32H2,1-4H3,(H,39,41)(H,40,42). The lowest BCUT2D eigenvalue weighted by Crippen LogP contribution is -2.55. The van der Waals surface area contributed by atoms with Crippen LogP contribution in [0.3, 0.4) is 0 Å². The molecule has 248 valence electrons. The van der Waals surface area contributed by atoms with Crippen molar-refractivity contribution in [1.29, 1.82) is 0 Å². The van der Waals surface area contributed by atoms with Gasteiger partial charge in [0.1, 0.15) is 0 Å². The topological polar surface area (TPSA) is 58.2 Å².